The van der Waals surface area contributed by atoms with Gasteiger partial charge in [-0.15, -0.1) is 11.3 Å². The highest BCUT2D eigenvalue weighted by molar-refractivity contribution is 7.11. The van der Waals surface area contributed by atoms with Crippen molar-refractivity contribution in [1.82, 2.24) is 20.1 Å². The molecule has 0 bridgehead atoms. The molecule has 9 nitrogen and oxygen atoms in total. The molecule has 0 spiro atoms. The number of piperazine rings is 1. The van der Waals surface area contributed by atoms with Crippen LogP contribution >= 0.6 is 22.9 Å². The number of urea groups is 1. The third-order valence-corrected chi connectivity index (χ3v) is 9.14. The van der Waals surface area contributed by atoms with E-state index in [9.17, 15) is 14.0 Å². The van der Waals surface area contributed by atoms with Gasteiger partial charge in [-0.3, -0.25) is 19.6 Å². The number of thiazole rings is 1. The summed E-state index contributed by atoms with van der Waals surface area (Å²) in [6.07, 6.45) is 2.62. The number of carbonyl (C=O) groups excluding carboxylic acids is 2. The summed E-state index contributed by atoms with van der Waals surface area (Å²) in [4.78, 5) is 39.9. The Balaban J connectivity index is 1.18. The first-order valence-electron chi connectivity index (χ1n) is 13.8. The molecule has 3 aromatic rings. The second-order valence-electron chi connectivity index (χ2n) is 10.8. The summed E-state index contributed by atoms with van der Waals surface area (Å²) >= 11 is 7.97. The van der Waals surface area contributed by atoms with E-state index in [2.05, 4.69) is 15.2 Å². The molecule has 3 N–H and O–H groups in total. The van der Waals surface area contributed by atoms with Crippen molar-refractivity contribution in [2.45, 2.75) is 31.8 Å². The van der Waals surface area contributed by atoms with Gasteiger partial charge in [-0.2, -0.15) is 0 Å². The number of aryl methyl sites for hydroxylation is 1. The maximum Gasteiger partial charge on any atom is 0.324 e. The highest BCUT2D eigenvalue weighted by Gasteiger charge is 2.41. The summed E-state index contributed by atoms with van der Waals surface area (Å²) in [5.74, 6) is -0.0528. The van der Waals surface area contributed by atoms with Crippen molar-refractivity contribution in [3.63, 3.8) is 0 Å². The van der Waals surface area contributed by atoms with Crippen molar-refractivity contribution in [3.05, 3.63) is 92.3 Å². The lowest BCUT2D eigenvalue weighted by Crippen LogP contribution is -2.53. The number of hydrogen-bond donors (Lipinski definition) is 2. The molecule has 12 heteroatoms. The van der Waals surface area contributed by atoms with Crippen LogP contribution in [0.15, 0.2) is 70.3 Å². The van der Waals surface area contributed by atoms with Crippen LogP contribution in [0.3, 0.4) is 0 Å². The van der Waals surface area contributed by atoms with Gasteiger partial charge in [0, 0.05) is 67.1 Å². The number of benzene rings is 2. The lowest BCUT2D eigenvalue weighted by Gasteiger charge is -2.38. The molecule has 2 fully saturated rings. The Morgan fingerprint density at radius 3 is 2.71 bits per heavy atom. The van der Waals surface area contributed by atoms with E-state index in [1.165, 1.54) is 23.5 Å². The van der Waals surface area contributed by atoms with Crippen molar-refractivity contribution < 1.29 is 14.0 Å². The van der Waals surface area contributed by atoms with Crippen molar-refractivity contribution in [2.75, 3.05) is 37.6 Å². The molecule has 4 heterocycles. The summed E-state index contributed by atoms with van der Waals surface area (Å²) in [5, 5.41) is 6.52. The number of hydrogen-bond acceptors (Lipinski definition) is 7. The highest BCUT2D eigenvalue weighted by atomic mass is 35.5. The molecule has 0 radical (unpaired) electrons. The van der Waals surface area contributed by atoms with E-state index in [1.807, 2.05) is 46.4 Å². The van der Waals surface area contributed by atoms with E-state index in [1.54, 1.807) is 12.3 Å². The van der Waals surface area contributed by atoms with Crippen molar-refractivity contribution in [2.24, 2.45) is 10.7 Å². The van der Waals surface area contributed by atoms with Gasteiger partial charge in [0.2, 0.25) is 5.91 Å². The Labute approximate surface area is 252 Å². The second kappa shape index (κ2) is 11.8. The van der Waals surface area contributed by atoms with Gasteiger partial charge in [0.25, 0.3) is 0 Å². The van der Waals surface area contributed by atoms with Crippen LogP contribution in [0.1, 0.15) is 35.5 Å². The molecule has 42 heavy (non-hydrogen) atoms. The molecule has 6 rings (SSSR count). The minimum atomic E-state index is -0.388. The number of carbonyl (C=O) groups is 2. The summed E-state index contributed by atoms with van der Waals surface area (Å²) in [7, 11) is 0. The van der Waals surface area contributed by atoms with E-state index in [0.29, 0.717) is 43.3 Å². The summed E-state index contributed by atoms with van der Waals surface area (Å²) in [6, 6.07) is 11.9. The van der Waals surface area contributed by atoms with E-state index in [0.717, 1.165) is 46.2 Å². The van der Waals surface area contributed by atoms with Crippen molar-refractivity contribution in [1.29, 1.82) is 0 Å². The van der Waals surface area contributed by atoms with Crippen LogP contribution in [0.5, 0.6) is 0 Å². The number of aliphatic imine (C=N–C) groups is 1. The third kappa shape index (κ3) is 5.77. The average molecular weight is 608 g/mol. The van der Waals surface area contributed by atoms with Crippen LogP contribution < -0.4 is 16.0 Å². The lowest BCUT2D eigenvalue weighted by molar-refractivity contribution is -0.117. The van der Waals surface area contributed by atoms with Gasteiger partial charge in [0.1, 0.15) is 11.9 Å². The first kappa shape index (κ1) is 28.3. The van der Waals surface area contributed by atoms with Crippen LogP contribution in [0.25, 0.3) is 0 Å². The zero-order valence-corrected chi connectivity index (χ0v) is 24.7. The molecule has 218 valence electrons. The van der Waals surface area contributed by atoms with Gasteiger partial charge in [0.15, 0.2) is 10.8 Å². The van der Waals surface area contributed by atoms with Gasteiger partial charge in [-0.25, -0.2) is 14.2 Å². The largest absolute Gasteiger partial charge is 0.370 e. The molecule has 1 aromatic heterocycles. The topological polar surface area (TPSA) is 107 Å². The van der Waals surface area contributed by atoms with Crippen LogP contribution in [-0.2, 0) is 11.2 Å². The van der Waals surface area contributed by atoms with Gasteiger partial charge < -0.3 is 16.0 Å². The molecule has 2 saturated heterocycles. The molecule has 3 amide bonds. The van der Waals surface area contributed by atoms with Crippen LogP contribution in [0, 0.1) is 5.82 Å². The third-order valence-electron chi connectivity index (χ3n) is 8.03. The Bertz CT molecular complexity index is 1560. The fourth-order valence-corrected chi connectivity index (χ4v) is 6.63. The number of anilines is 1. The standard InChI is InChI=1S/C30H31ClFN7O2S/c1-18-25(35-28(29-34-10-13-42-29)36-27(18)23-8-5-20(32)14-24(23)31)17-37-11-12-38-22(15-37)16-39(30(38)41)21-6-2-19(3-7-21)4-9-26(33)40/h2-3,5-8,10,13-14,22,27H,4,9,11-12,15-17H2,1H3,(H2,33,40)(H,35,36)/t22-,27+/m0/s1. The number of primary amides is 1. The van der Waals surface area contributed by atoms with Crippen molar-refractivity contribution in [3.8, 4) is 0 Å². The number of amidine groups is 1. The van der Waals surface area contributed by atoms with E-state index in [-0.39, 0.29) is 29.8 Å². The normalized spacial score (nSPS) is 20.9. The first-order chi connectivity index (χ1) is 20.3. The molecule has 3 aliphatic rings. The quantitative estimate of drug-likeness (QED) is 0.396. The predicted octanol–water partition coefficient (Wildman–Crippen LogP) is 4.35. The maximum absolute atomic E-state index is 13.8. The lowest BCUT2D eigenvalue weighted by atomic mass is 9.96. The minimum absolute atomic E-state index is 0.0138. The fraction of sp³-hybridized carbons (Fsp3) is 0.333. The Morgan fingerprint density at radius 1 is 1.19 bits per heavy atom. The molecular formula is C30H31ClFN7O2S. The first-order valence-corrected chi connectivity index (χ1v) is 15.1. The number of halogens is 2. The fourth-order valence-electron chi connectivity index (χ4n) is 5.77. The number of nitrogens with two attached hydrogens (primary N) is 1. The SMILES string of the molecule is CC1=C(CN2CCN3C(=O)N(c4ccc(CCC(N)=O)cc4)C[C@@H]3C2)NC(c2nccs2)=N[C@H]1c1ccc(F)cc1Cl. The van der Waals surface area contributed by atoms with Gasteiger partial charge in [-0.1, -0.05) is 29.8 Å². The molecule has 2 aromatic carbocycles. The van der Waals surface area contributed by atoms with Gasteiger partial charge >= 0.3 is 6.03 Å². The molecule has 3 aliphatic heterocycles. The number of aromatic nitrogens is 1. The molecule has 0 aliphatic carbocycles. The molecule has 2 atom stereocenters. The van der Waals surface area contributed by atoms with Gasteiger partial charge in [0.05, 0.1) is 6.04 Å². The average Bonchev–Trinajstić information content (AvgIpc) is 3.62. The van der Waals surface area contributed by atoms with E-state index >= 15 is 0 Å². The summed E-state index contributed by atoms with van der Waals surface area (Å²) in [6.45, 7) is 5.34. The molecule has 0 unspecified atom stereocenters. The smallest absolute Gasteiger partial charge is 0.324 e. The molecular weight excluding hydrogens is 577 g/mol. The van der Waals surface area contributed by atoms with Gasteiger partial charge in [-0.05, 0) is 54.3 Å². The predicted molar refractivity (Wildman–Crippen MR) is 162 cm³/mol. The zero-order valence-electron chi connectivity index (χ0n) is 23.1. The van der Waals surface area contributed by atoms with Crippen LogP contribution in [0.2, 0.25) is 5.02 Å². The molecule has 0 saturated carbocycles. The summed E-state index contributed by atoms with van der Waals surface area (Å²) in [5.41, 5.74) is 9.88. The van der Waals surface area contributed by atoms with E-state index < -0.39 is 0 Å². The number of nitrogens with one attached hydrogen (secondary N) is 1. The van der Waals surface area contributed by atoms with Crippen LogP contribution in [0.4, 0.5) is 14.9 Å². The van der Waals surface area contributed by atoms with Crippen LogP contribution in [-0.4, -0.2) is 71.3 Å². The maximum atomic E-state index is 13.8. The minimum Gasteiger partial charge on any atom is -0.370 e. The zero-order chi connectivity index (χ0) is 29.4. The highest BCUT2D eigenvalue weighted by Crippen LogP contribution is 2.36. The Hall–Kier alpha value is -3.80. The second-order valence-corrected chi connectivity index (χ2v) is 12.1. The monoisotopic (exact) mass is 607 g/mol. The number of fused-ring (bicyclic) bond motifs is 1. The Kier molecular flexibility index (Phi) is 7.98. The number of amides is 3. The number of rotatable bonds is 8. The Morgan fingerprint density at radius 2 is 2.00 bits per heavy atom. The van der Waals surface area contributed by atoms with E-state index in [4.69, 9.17) is 22.3 Å². The summed E-state index contributed by atoms with van der Waals surface area (Å²) < 4.78 is 13.8. The van der Waals surface area contributed by atoms with Crippen molar-refractivity contribution >= 4 is 46.4 Å². The number of nitrogens with zero attached hydrogens (tertiary/aromatic N) is 5.